The molecule has 1 aliphatic rings. The van der Waals surface area contributed by atoms with Crippen LogP contribution in [-0.2, 0) is 35.3 Å². The largest absolute Gasteiger partial charge is 0.371 e. The van der Waals surface area contributed by atoms with Crippen LogP contribution in [0, 0.1) is 0 Å². The minimum atomic E-state index is -0.0962. The summed E-state index contributed by atoms with van der Waals surface area (Å²) < 4.78 is 5.43. The quantitative estimate of drug-likeness (QED) is 0.516. The Balaban J connectivity index is 1.19. The first-order valence-corrected chi connectivity index (χ1v) is 9.98. The summed E-state index contributed by atoms with van der Waals surface area (Å²) in [5, 5.41) is 13.6. The Kier molecular flexibility index (Phi) is 6.29. The summed E-state index contributed by atoms with van der Waals surface area (Å²) in [4.78, 5) is 22.7. The van der Waals surface area contributed by atoms with Gasteiger partial charge in [0.15, 0.2) is 0 Å². The van der Waals surface area contributed by atoms with Crippen molar-refractivity contribution in [3.8, 4) is 0 Å². The highest BCUT2D eigenvalue weighted by molar-refractivity contribution is 5.77. The van der Waals surface area contributed by atoms with Gasteiger partial charge in [-0.25, -0.2) is 9.97 Å². The molecule has 1 aromatic carbocycles. The number of hydrogen-bond donors (Lipinski definition) is 2. The second kappa shape index (κ2) is 9.45. The lowest BCUT2D eigenvalue weighted by Crippen LogP contribution is -2.30. The van der Waals surface area contributed by atoms with E-state index in [1.54, 1.807) is 30.5 Å². The SMILES string of the molecule is CN(Cc1cnc(NC2Cc3ccccc3C2)nc1)C(=O)COCCc1cn[nH]n1. The van der Waals surface area contributed by atoms with Gasteiger partial charge in [-0.15, -0.1) is 0 Å². The van der Waals surface area contributed by atoms with Crippen LogP contribution in [0.5, 0.6) is 0 Å². The van der Waals surface area contributed by atoms with E-state index in [2.05, 4.69) is 55.0 Å². The van der Waals surface area contributed by atoms with Crippen LogP contribution in [0.1, 0.15) is 22.4 Å². The number of carbonyl (C=O) groups is 1. The molecular formula is C21H25N7O2. The Morgan fingerprint density at radius 1 is 1.20 bits per heavy atom. The Labute approximate surface area is 174 Å². The lowest BCUT2D eigenvalue weighted by atomic mass is 10.1. The van der Waals surface area contributed by atoms with Gasteiger partial charge < -0.3 is 15.0 Å². The average Bonchev–Trinajstić information content (AvgIpc) is 3.41. The van der Waals surface area contributed by atoms with Crippen LogP contribution in [0.25, 0.3) is 0 Å². The third-order valence-electron chi connectivity index (χ3n) is 5.13. The van der Waals surface area contributed by atoms with Crippen LogP contribution >= 0.6 is 0 Å². The first-order valence-electron chi connectivity index (χ1n) is 9.98. The number of ether oxygens (including phenoxy) is 1. The van der Waals surface area contributed by atoms with Crippen LogP contribution in [-0.4, -0.2) is 62.5 Å². The van der Waals surface area contributed by atoms with Gasteiger partial charge in [0.1, 0.15) is 6.61 Å². The number of benzene rings is 1. The van der Waals surface area contributed by atoms with E-state index >= 15 is 0 Å². The summed E-state index contributed by atoms with van der Waals surface area (Å²) in [5.41, 5.74) is 4.45. The number of aromatic nitrogens is 5. The fourth-order valence-electron chi connectivity index (χ4n) is 3.51. The Bertz CT molecular complexity index is 935. The van der Waals surface area contributed by atoms with Gasteiger partial charge in [0, 0.05) is 44.0 Å². The van der Waals surface area contributed by atoms with E-state index in [0.717, 1.165) is 24.1 Å². The number of carbonyl (C=O) groups excluding carboxylic acids is 1. The molecule has 0 atom stereocenters. The molecule has 2 N–H and O–H groups in total. The average molecular weight is 407 g/mol. The molecular weight excluding hydrogens is 382 g/mol. The highest BCUT2D eigenvalue weighted by atomic mass is 16.5. The van der Waals surface area contributed by atoms with Crippen LogP contribution in [0.2, 0.25) is 0 Å². The van der Waals surface area contributed by atoms with Crippen molar-refractivity contribution in [2.45, 2.75) is 31.8 Å². The molecule has 2 aromatic heterocycles. The molecule has 1 aliphatic carbocycles. The second-order valence-corrected chi connectivity index (χ2v) is 7.45. The number of amides is 1. The lowest BCUT2D eigenvalue weighted by Gasteiger charge is -2.17. The van der Waals surface area contributed by atoms with Crippen molar-refractivity contribution in [1.29, 1.82) is 0 Å². The lowest BCUT2D eigenvalue weighted by molar-refractivity contribution is -0.135. The van der Waals surface area contributed by atoms with Gasteiger partial charge in [-0.3, -0.25) is 4.79 Å². The maximum atomic E-state index is 12.2. The highest BCUT2D eigenvalue weighted by Crippen LogP contribution is 2.23. The zero-order valence-electron chi connectivity index (χ0n) is 16.9. The minimum Gasteiger partial charge on any atom is -0.371 e. The van der Waals surface area contributed by atoms with Gasteiger partial charge in [-0.2, -0.15) is 15.4 Å². The van der Waals surface area contributed by atoms with Gasteiger partial charge >= 0.3 is 0 Å². The number of anilines is 1. The predicted octanol–water partition coefficient (Wildman–Crippen LogP) is 1.39. The van der Waals surface area contributed by atoms with Crippen LogP contribution in [0.15, 0.2) is 42.9 Å². The van der Waals surface area contributed by atoms with Gasteiger partial charge in [-0.05, 0) is 24.0 Å². The molecule has 9 heteroatoms. The molecule has 0 unspecified atom stereocenters. The molecule has 0 bridgehead atoms. The van der Waals surface area contributed by atoms with Crippen LogP contribution < -0.4 is 5.32 Å². The van der Waals surface area contributed by atoms with E-state index in [1.165, 1.54) is 11.1 Å². The fraction of sp³-hybridized carbons (Fsp3) is 0.381. The summed E-state index contributed by atoms with van der Waals surface area (Å²) in [6.07, 6.45) is 7.73. The molecule has 156 valence electrons. The number of hydrogen-bond acceptors (Lipinski definition) is 7. The van der Waals surface area contributed by atoms with E-state index in [1.807, 2.05) is 0 Å². The Hall–Kier alpha value is -3.33. The molecule has 0 aliphatic heterocycles. The van der Waals surface area contributed by atoms with E-state index in [9.17, 15) is 4.79 Å². The van der Waals surface area contributed by atoms with Gasteiger partial charge in [-0.1, -0.05) is 24.3 Å². The Morgan fingerprint density at radius 3 is 2.60 bits per heavy atom. The first kappa shape index (κ1) is 20.0. The van der Waals surface area contributed by atoms with Gasteiger partial charge in [0.2, 0.25) is 11.9 Å². The number of likely N-dealkylation sites (N-methyl/N-ethyl adjacent to an activating group) is 1. The number of fused-ring (bicyclic) bond motifs is 1. The molecule has 3 aromatic rings. The molecule has 4 rings (SSSR count). The molecule has 0 fully saturated rings. The molecule has 30 heavy (non-hydrogen) atoms. The van der Waals surface area contributed by atoms with Crippen molar-refractivity contribution >= 4 is 11.9 Å². The minimum absolute atomic E-state index is 0.0249. The molecule has 9 nitrogen and oxygen atoms in total. The van der Waals surface area contributed by atoms with Crippen molar-refractivity contribution in [1.82, 2.24) is 30.3 Å². The number of aromatic amines is 1. The smallest absolute Gasteiger partial charge is 0.248 e. The maximum absolute atomic E-state index is 12.2. The molecule has 1 amide bonds. The number of rotatable bonds is 9. The summed E-state index contributed by atoms with van der Waals surface area (Å²) in [6.45, 7) is 0.873. The predicted molar refractivity (Wildman–Crippen MR) is 111 cm³/mol. The Morgan fingerprint density at radius 2 is 1.93 bits per heavy atom. The number of nitrogens with one attached hydrogen (secondary N) is 2. The zero-order chi connectivity index (χ0) is 20.8. The summed E-state index contributed by atoms with van der Waals surface area (Å²) in [5.74, 6) is 0.516. The molecule has 2 heterocycles. The maximum Gasteiger partial charge on any atom is 0.248 e. The van der Waals surface area contributed by atoms with Crippen LogP contribution in [0.4, 0.5) is 5.95 Å². The fourth-order valence-corrected chi connectivity index (χ4v) is 3.51. The zero-order valence-corrected chi connectivity index (χ0v) is 16.9. The van der Waals surface area contributed by atoms with Crippen molar-refractivity contribution in [3.63, 3.8) is 0 Å². The second-order valence-electron chi connectivity index (χ2n) is 7.45. The van der Waals surface area contributed by atoms with E-state index in [-0.39, 0.29) is 12.5 Å². The van der Waals surface area contributed by atoms with Crippen LogP contribution in [0.3, 0.4) is 0 Å². The van der Waals surface area contributed by atoms with Gasteiger partial charge in [0.25, 0.3) is 0 Å². The van der Waals surface area contributed by atoms with Crippen molar-refractivity contribution in [2.24, 2.45) is 0 Å². The van der Waals surface area contributed by atoms with E-state index in [4.69, 9.17) is 4.74 Å². The summed E-state index contributed by atoms with van der Waals surface area (Å²) in [6, 6.07) is 8.81. The number of H-pyrrole nitrogens is 1. The van der Waals surface area contributed by atoms with Gasteiger partial charge in [0.05, 0.1) is 18.5 Å². The monoisotopic (exact) mass is 407 g/mol. The third-order valence-corrected chi connectivity index (χ3v) is 5.13. The highest BCUT2D eigenvalue weighted by Gasteiger charge is 2.21. The van der Waals surface area contributed by atoms with E-state index < -0.39 is 0 Å². The topological polar surface area (TPSA) is 109 Å². The van der Waals surface area contributed by atoms with Crippen molar-refractivity contribution in [2.75, 3.05) is 25.6 Å². The molecule has 0 saturated heterocycles. The number of nitrogens with zero attached hydrogens (tertiary/aromatic N) is 5. The normalized spacial score (nSPS) is 13.2. The molecule has 0 saturated carbocycles. The third kappa shape index (κ3) is 5.18. The standard InChI is InChI=1S/C21H25N7O2/c1-28(20(29)14-30-7-6-18-12-24-27-26-18)13-15-10-22-21(23-11-15)25-19-8-16-4-2-3-5-17(16)9-19/h2-5,10-12,19H,6-9,13-14H2,1H3,(H,22,23,25)(H,24,26,27). The van der Waals surface area contributed by atoms with Crippen molar-refractivity contribution in [3.05, 3.63) is 65.2 Å². The summed E-state index contributed by atoms with van der Waals surface area (Å²) >= 11 is 0. The molecule has 0 radical (unpaired) electrons. The first-order chi connectivity index (χ1) is 14.7. The van der Waals surface area contributed by atoms with E-state index in [0.29, 0.717) is 31.6 Å². The molecule has 0 spiro atoms. The van der Waals surface area contributed by atoms with Crippen molar-refractivity contribution < 1.29 is 9.53 Å². The summed E-state index contributed by atoms with van der Waals surface area (Å²) in [7, 11) is 1.74.